The quantitative estimate of drug-likeness (QED) is 0.154. The van der Waals surface area contributed by atoms with Gasteiger partial charge in [-0.05, 0) is 104 Å². The molecule has 0 aliphatic rings. The van der Waals surface area contributed by atoms with E-state index < -0.39 is 0 Å². The molecule has 0 unspecified atom stereocenters. The van der Waals surface area contributed by atoms with Crippen LogP contribution in [0.5, 0.6) is 0 Å². The van der Waals surface area contributed by atoms with E-state index in [2.05, 4.69) is 182 Å². The van der Waals surface area contributed by atoms with E-state index in [9.17, 15) is 0 Å². The van der Waals surface area contributed by atoms with Crippen LogP contribution in [0.15, 0.2) is 161 Å². The maximum atomic E-state index is 6.87. The van der Waals surface area contributed by atoms with Gasteiger partial charge in [0.05, 0.1) is 33.5 Å². The van der Waals surface area contributed by atoms with Gasteiger partial charge in [-0.15, -0.1) is 54.1 Å². The first-order valence-electron chi connectivity index (χ1n) is 24.7. The molecule has 0 fully saturated rings. The first-order valence-corrected chi connectivity index (χ1v) is 24.7. The van der Waals surface area contributed by atoms with Gasteiger partial charge in [-0.1, -0.05) is 142 Å². The van der Waals surface area contributed by atoms with E-state index in [-0.39, 0.29) is 42.8 Å². The Morgan fingerprint density at radius 1 is 0.556 bits per heavy atom. The van der Waals surface area contributed by atoms with Crippen LogP contribution in [0.25, 0.3) is 105 Å². The predicted molar refractivity (Wildman–Crippen MR) is 293 cm³/mol. The third-order valence-corrected chi connectivity index (χ3v) is 13.5. The van der Waals surface area contributed by atoms with Crippen molar-refractivity contribution in [3.05, 3.63) is 187 Å². The van der Waals surface area contributed by atoms with Crippen molar-refractivity contribution in [1.82, 2.24) is 24.5 Å². The van der Waals surface area contributed by atoms with Crippen molar-refractivity contribution < 1.29 is 28.9 Å². The Morgan fingerprint density at radius 3 is 1.97 bits per heavy atom. The maximum absolute atomic E-state index is 6.87. The van der Waals surface area contributed by atoms with Crippen molar-refractivity contribution in [2.75, 3.05) is 0 Å². The first-order chi connectivity index (χ1) is 34.1. The molecule has 0 spiro atoms. The molecule has 5 heterocycles. The zero-order chi connectivity index (χ0) is 49.3. The number of rotatable bonds is 6. The third-order valence-electron chi connectivity index (χ3n) is 13.5. The summed E-state index contributed by atoms with van der Waals surface area (Å²) in [7, 11) is 0. The number of hydrogen-bond acceptors (Lipinski definition) is 6. The van der Waals surface area contributed by atoms with Gasteiger partial charge in [0.15, 0.2) is 5.58 Å². The summed E-state index contributed by atoms with van der Waals surface area (Å²) < 4.78 is 15.6. The fourth-order valence-corrected chi connectivity index (χ4v) is 9.70. The molecule has 0 saturated carbocycles. The molecular weight excluding hydrogens is 1060 g/mol. The van der Waals surface area contributed by atoms with Gasteiger partial charge in [-0.25, -0.2) is 9.97 Å². The Balaban J connectivity index is 0.000000300. The molecule has 0 saturated heterocycles. The molecule has 0 aliphatic heterocycles. The Bertz CT molecular complexity index is 3930. The van der Waals surface area contributed by atoms with E-state index in [0.29, 0.717) is 17.1 Å². The SMILES string of the molecule is CC(C)(C)c1ccnc(-c2[c-]cccc2)c1.CC(C)c1cc(-c2ccccc2)cc(C(C)C)c1-n1c(-c2[c-]ccc3c2oc2cc4c(ccc5nc(C(C)(C)C)oc54)nc23)nc2ccc3ccccc3c21.[Ir]. The van der Waals surface area contributed by atoms with E-state index >= 15 is 0 Å². The molecule has 12 aromatic rings. The average molecular weight is 1120 g/mol. The zero-order valence-electron chi connectivity index (χ0n) is 42.5. The van der Waals surface area contributed by atoms with Crippen LogP contribution in [0.3, 0.4) is 0 Å². The second kappa shape index (κ2) is 18.7. The van der Waals surface area contributed by atoms with E-state index in [1.54, 1.807) is 0 Å². The zero-order valence-corrected chi connectivity index (χ0v) is 44.9. The number of furan rings is 1. The summed E-state index contributed by atoms with van der Waals surface area (Å²) in [6, 6.07) is 57.4. The van der Waals surface area contributed by atoms with Crippen molar-refractivity contribution >= 4 is 65.9 Å². The van der Waals surface area contributed by atoms with Gasteiger partial charge in [0.25, 0.3) is 0 Å². The van der Waals surface area contributed by atoms with Crippen LogP contribution in [0.2, 0.25) is 0 Å². The number of imidazole rings is 1. The van der Waals surface area contributed by atoms with Crippen molar-refractivity contribution in [1.29, 1.82) is 0 Å². The molecule has 0 bridgehead atoms. The molecule has 8 heteroatoms. The fraction of sp³-hybridized carbons (Fsp3) is 0.219. The van der Waals surface area contributed by atoms with Gasteiger partial charge in [0.2, 0.25) is 5.89 Å². The van der Waals surface area contributed by atoms with E-state index in [0.717, 1.165) is 83.0 Å². The molecular formula is C64H57IrN5O2-2. The van der Waals surface area contributed by atoms with Crippen LogP contribution < -0.4 is 0 Å². The van der Waals surface area contributed by atoms with Crippen molar-refractivity contribution in [2.45, 2.75) is 91.9 Å². The molecule has 7 nitrogen and oxygen atoms in total. The first kappa shape index (κ1) is 48.4. The minimum atomic E-state index is -0.226. The summed E-state index contributed by atoms with van der Waals surface area (Å²) in [6.45, 7) is 22.1. The summed E-state index contributed by atoms with van der Waals surface area (Å²) in [5.74, 6) is 1.93. The van der Waals surface area contributed by atoms with Crippen LogP contribution in [0.4, 0.5) is 0 Å². The van der Waals surface area contributed by atoms with E-state index in [1.807, 2.05) is 60.8 Å². The minimum absolute atomic E-state index is 0. The molecule has 361 valence electrons. The summed E-state index contributed by atoms with van der Waals surface area (Å²) in [6.07, 6.45) is 1.87. The molecule has 5 aromatic heterocycles. The number of aromatic nitrogens is 5. The number of hydrogen-bond donors (Lipinski definition) is 0. The van der Waals surface area contributed by atoms with Gasteiger partial charge < -0.3 is 18.4 Å². The molecule has 0 atom stereocenters. The van der Waals surface area contributed by atoms with Crippen LogP contribution >= 0.6 is 0 Å². The molecule has 0 amide bonds. The van der Waals surface area contributed by atoms with Crippen molar-refractivity contribution in [3.8, 4) is 39.5 Å². The second-order valence-corrected chi connectivity index (χ2v) is 21.3. The minimum Gasteiger partial charge on any atom is -0.499 e. The monoisotopic (exact) mass is 1120 g/mol. The second-order valence-electron chi connectivity index (χ2n) is 21.3. The maximum Gasteiger partial charge on any atom is 0.200 e. The molecule has 12 rings (SSSR count). The summed E-state index contributed by atoms with van der Waals surface area (Å²) >= 11 is 0. The van der Waals surface area contributed by atoms with Crippen LogP contribution in [-0.4, -0.2) is 24.5 Å². The molecule has 0 N–H and O–H groups in total. The van der Waals surface area contributed by atoms with E-state index in [1.165, 1.54) is 27.8 Å². The number of pyridine rings is 2. The number of benzene rings is 7. The fourth-order valence-electron chi connectivity index (χ4n) is 9.70. The Hall–Kier alpha value is -7.25. The molecule has 0 aliphatic carbocycles. The van der Waals surface area contributed by atoms with Gasteiger partial charge in [0.1, 0.15) is 11.1 Å². The average Bonchev–Trinajstić information content (AvgIpc) is 4.10. The van der Waals surface area contributed by atoms with Gasteiger partial charge in [0, 0.05) is 48.2 Å². The number of fused-ring (bicyclic) bond motifs is 9. The van der Waals surface area contributed by atoms with Gasteiger partial charge in [-0.3, -0.25) is 4.98 Å². The normalized spacial score (nSPS) is 12.2. The molecule has 7 aromatic carbocycles. The van der Waals surface area contributed by atoms with E-state index in [4.69, 9.17) is 23.8 Å². The van der Waals surface area contributed by atoms with Gasteiger partial charge >= 0.3 is 0 Å². The smallest absolute Gasteiger partial charge is 0.200 e. The predicted octanol–water partition coefficient (Wildman–Crippen LogP) is 17.3. The number of nitrogens with zero attached hydrogens (tertiary/aromatic N) is 5. The van der Waals surface area contributed by atoms with Gasteiger partial charge in [-0.2, -0.15) is 0 Å². The van der Waals surface area contributed by atoms with Crippen molar-refractivity contribution in [3.63, 3.8) is 0 Å². The molecule has 72 heavy (non-hydrogen) atoms. The summed E-state index contributed by atoms with van der Waals surface area (Å²) in [5, 5.41) is 4.09. The van der Waals surface area contributed by atoms with Crippen LogP contribution in [0, 0.1) is 12.1 Å². The van der Waals surface area contributed by atoms with Crippen molar-refractivity contribution in [2.24, 2.45) is 0 Å². The molecule has 1 radical (unpaired) electrons. The summed E-state index contributed by atoms with van der Waals surface area (Å²) in [4.78, 5) is 19.8. The van der Waals surface area contributed by atoms with Crippen LogP contribution in [-0.2, 0) is 30.9 Å². The van der Waals surface area contributed by atoms with Crippen LogP contribution in [0.1, 0.15) is 104 Å². The number of oxazole rings is 1. The summed E-state index contributed by atoms with van der Waals surface area (Å²) in [5.41, 5.74) is 16.7. The standard InChI is InChI=1S/C49H41N4O2.C15H16N.Ir/c1-27(2)35-24-31(29-14-9-8-10-15-29)25-36(28(3)4)43(35)53-44-32-17-12-11-16-30(32)20-21-39(44)51-47(53)34-19-13-18-33-42-41(54-45(33)34)26-37-38(50-42)22-23-40-46(37)55-48(52-40)49(5,6)7;1-15(2,3)13-9-10-16-14(11-13)12-7-5-4-6-8-12;/h8-18,20-28H,1-7H3;4-7,9-11H,1-3H3;/q2*-1;. The Kier molecular flexibility index (Phi) is 12.6. The topological polar surface area (TPSA) is 82.8 Å². The Morgan fingerprint density at radius 2 is 1.26 bits per heavy atom. The third kappa shape index (κ3) is 8.71. The largest absolute Gasteiger partial charge is 0.499 e. The Labute approximate surface area is 434 Å².